The third-order valence-electron chi connectivity index (χ3n) is 4.43. The molecule has 138 valence electrons. The van der Waals surface area contributed by atoms with E-state index in [2.05, 4.69) is 31.0 Å². The maximum absolute atomic E-state index is 13.8. The zero-order valence-electron chi connectivity index (χ0n) is 14.2. The molecule has 0 atom stereocenters. The van der Waals surface area contributed by atoms with Crippen LogP contribution in [0, 0.1) is 5.82 Å². The van der Waals surface area contributed by atoms with Gasteiger partial charge in [0.2, 0.25) is 5.91 Å². The minimum Gasteiger partial charge on any atom is -0.368 e. The average molecular weight is 441 g/mol. The smallest absolute Gasteiger partial charge is 0.225 e. The van der Waals surface area contributed by atoms with E-state index in [9.17, 15) is 9.18 Å². The molecule has 4 nitrogen and oxygen atoms in total. The minimum atomic E-state index is -0.443. The van der Waals surface area contributed by atoms with Crippen LogP contribution in [0.1, 0.15) is 6.42 Å². The van der Waals surface area contributed by atoms with Gasteiger partial charge in [0.15, 0.2) is 0 Å². The van der Waals surface area contributed by atoms with Crippen LogP contribution in [-0.4, -0.2) is 43.5 Å². The Kier molecular flexibility index (Phi) is 6.51. The molecule has 26 heavy (non-hydrogen) atoms. The van der Waals surface area contributed by atoms with Crippen LogP contribution in [0.5, 0.6) is 0 Å². The number of carbonyl (C=O) groups excluding carboxylic acids is 1. The Hall–Kier alpha value is -1.63. The first-order valence-electron chi connectivity index (χ1n) is 8.49. The largest absolute Gasteiger partial charge is 0.368 e. The summed E-state index contributed by atoms with van der Waals surface area (Å²) in [6.45, 7) is 4.12. The van der Waals surface area contributed by atoms with E-state index in [1.165, 1.54) is 6.07 Å². The molecular formula is C19H20BrClFN3O. The Bertz CT molecular complexity index is 781. The molecule has 7 heteroatoms. The van der Waals surface area contributed by atoms with Crippen molar-refractivity contribution in [2.24, 2.45) is 0 Å². The fourth-order valence-corrected chi connectivity index (χ4v) is 3.57. The van der Waals surface area contributed by atoms with E-state index in [0.29, 0.717) is 17.4 Å². The first-order chi connectivity index (χ1) is 12.5. The van der Waals surface area contributed by atoms with Crippen molar-refractivity contribution in [3.8, 4) is 0 Å². The second kappa shape index (κ2) is 8.84. The fraction of sp³-hybridized carbons (Fsp3) is 0.316. The van der Waals surface area contributed by atoms with Crippen LogP contribution in [0.15, 0.2) is 46.9 Å². The summed E-state index contributed by atoms with van der Waals surface area (Å²) >= 11 is 9.45. The van der Waals surface area contributed by atoms with E-state index >= 15 is 0 Å². The lowest BCUT2D eigenvalue weighted by Crippen LogP contribution is -2.47. The predicted molar refractivity (Wildman–Crippen MR) is 107 cm³/mol. The van der Waals surface area contributed by atoms with Crippen LogP contribution in [0.2, 0.25) is 5.02 Å². The van der Waals surface area contributed by atoms with Gasteiger partial charge in [0.05, 0.1) is 16.4 Å². The summed E-state index contributed by atoms with van der Waals surface area (Å²) < 4.78 is 14.4. The number of piperazine rings is 1. The van der Waals surface area contributed by atoms with Crippen LogP contribution in [-0.2, 0) is 4.79 Å². The van der Waals surface area contributed by atoms with E-state index in [1.54, 1.807) is 12.1 Å². The summed E-state index contributed by atoms with van der Waals surface area (Å²) in [4.78, 5) is 16.6. The molecule has 0 spiro atoms. The molecule has 1 saturated heterocycles. The van der Waals surface area contributed by atoms with Crippen LogP contribution >= 0.6 is 27.5 Å². The van der Waals surface area contributed by atoms with Crippen LogP contribution in [0.3, 0.4) is 0 Å². The molecule has 1 aliphatic heterocycles. The van der Waals surface area contributed by atoms with Gasteiger partial charge < -0.3 is 10.2 Å². The molecular weight excluding hydrogens is 421 g/mol. The van der Waals surface area contributed by atoms with E-state index in [-0.39, 0.29) is 11.6 Å². The Morgan fingerprint density at radius 2 is 1.88 bits per heavy atom. The molecule has 1 N–H and O–H groups in total. The van der Waals surface area contributed by atoms with Crippen LogP contribution in [0.4, 0.5) is 15.8 Å². The van der Waals surface area contributed by atoms with Crippen LogP contribution < -0.4 is 10.2 Å². The van der Waals surface area contributed by atoms with Gasteiger partial charge >= 0.3 is 0 Å². The number of nitrogens with one attached hydrogen (secondary N) is 1. The molecule has 0 saturated carbocycles. The highest BCUT2D eigenvalue weighted by Crippen LogP contribution is 2.26. The SMILES string of the molecule is O=C(CCN1CCN(c2ccccc2Cl)CC1)Nc1ccc(Br)cc1F. The van der Waals surface area contributed by atoms with E-state index in [0.717, 1.165) is 36.9 Å². The number of anilines is 2. The molecule has 0 aliphatic carbocycles. The summed E-state index contributed by atoms with van der Waals surface area (Å²) in [6, 6.07) is 12.4. The second-order valence-corrected chi connectivity index (χ2v) is 7.53. The van der Waals surface area contributed by atoms with E-state index in [4.69, 9.17) is 11.6 Å². The fourth-order valence-electron chi connectivity index (χ4n) is 2.98. The first-order valence-corrected chi connectivity index (χ1v) is 9.67. The number of rotatable bonds is 5. The number of nitrogens with zero attached hydrogens (tertiary/aromatic N) is 2. The van der Waals surface area contributed by atoms with E-state index < -0.39 is 5.82 Å². The first kappa shape index (κ1) is 19.1. The Labute approximate surface area is 166 Å². The summed E-state index contributed by atoms with van der Waals surface area (Å²) in [5.41, 5.74) is 1.26. The molecule has 2 aromatic carbocycles. The molecule has 3 rings (SSSR count). The Morgan fingerprint density at radius 1 is 1.15 bits per heavy atom. The standard InChI is InChI=1S/C19H20BrClFN3O/c20-14-5-6-17(16(22)13-14)23-19(26)7-8-24-9-11-25(12-10-24)18-4-2-1-3-15(18)21/h1-6,13H,7-12H2,(H,23,26). The molecule has 1 fully saturated rings. The van der Waals surface area contributed by atoms with Crippen molar-refractivity contribution in [1.82, 2.24) is 4.90 Å². The van der Waals surface area contributed by atoms with Gasteiger partial charge in [0.25, 0.3) is 0 Å². The second-order valence-electron chi connectivity index (χ2n) is 6.20. The monoisotopic (exact) mass is 439 g/mol. The van der Waals surface area contributed by atoms with Gasteiger partial charge in [-0.25, -0.2) is 4.39 Å². The lowest BCUT2D eigenvalue weighted by Gasteiger charge is -2.36. The number of amides is 1. The summed E-state index contributed by atoms with van der Waals surface area (Å²) in [6.07, 6.45) is 0.335. The zero-order valence-corrected chi connectivity index (χ0v) is 16.6. The Balaban J connectivity index is 1.45. The number of para-hydroxylation sites is 1. The van der Waals surface area contributed by atoms with Crippen molar-refractivity contribution in [1.29, 1.82) is 0 Å². The van der Waals surface area contributed by atoms with Gasteiger partial charge in [0, 0.05) is 43.6 Å². The number of benzene rings is 2. The third-order valence-corrected chi connectivity index (χ3v) is 5.24. The lowest BCUT2D eigenvalue weighted by molar-refractivity contribution is -0.116. The normalized spacial score (nSPS) is 15.1. The van der Waals surface area contributed by atoms with E-state index in [1.807, 2.05) is 24.3 Å². The van der Waals surface area contributed by atoms with Crippen LogP contribution in [0.25, 0.3) is 0 Å². The van der Waals surface area contributed by atoms with Crippen molar-refractivity contribution >= 4 is 44.8 Å². The maximum Gasteiger partial charge on any atom is 0.225 e. The molecule has 0 aromatic heterocycles. The van der Waals surface area contributed by atoms with Crippen molar-refractivity contribution in [3.63, 3.8) is 0 Å². The number of hydrogen-bond donors (Lipinski definition) is 1. The van der Waals surface area contributed by atoms with Crippen molar-refractivity contribution in [3.05, 3.63) is 57.8 Å². The molecule has 1 aliphatic rings. The summed E-state index contributed by atoms with van der Waals surface area (Å²) in [5.74, 6) is -0.624. The maximum atomic E-state index is 13.8. The quantitative estimate of drug-likeness (QED) is 0.749. The van der Waals surface area contributed by atoms with Gasteiger partial charge in [-0.05, 0) is 30.3 Å². The predicted octanol–water partition coefficient (Wildman–Crippen LogP) is 4.39. The van der Waals surface area contributed by atoms with Gasteiger partial charge in [-0.15, -0.1) is 0 Å². The van der Waals surface area contributed by atoms with Crippen molar-refractivity contribution in [2.45, 2.75) is 6.42 Å². The van der Waals surface area contributed by atoms with Gasteiger partial charge in [-0.2, -0.15) is 0 Å². The highest BCUT2D eigenvalue weighted by atomic mass is 79.9. The molecule has 1 amide bonds. The molecule has 1 heterocycles. The zero-order chi connectivity index (χ0) is 18.5. The number of halogens is 3. The average Bonchev–Trinajstić information content (AvgIpc) is 2.63. The molecule has 0 unspecified atom stereocenters. The lowest BCUT2D eigenvalue weighted by atomic mass is 10.2. The third kappa shape index (κ3) is 4.96. The molecule has 2 aromatic rings. The van der Waals surface area contributed by atoms with Gasteiger partial charge in [-0.1, -0.05) is 39.7 Å². The van der Waals surface area contributed by atoms with Gasteiger partial charge in [0.1, 0.15) is 5.82 Å². The Morgan fingerprint density at radius 3 is 2.58 bits per heavy atom. The minimum absolute atomic E-state index is 0.181. The topological polar surface area (TPSA) is 35.6 Å². The summed E-state index contributed by atoms with van der Waals surface area (Å²) in [5, 5.41) is 3.39. The molecule has 0 radical (unpaired) electrons. The van der Waals surface area contributed by atoms with Gasteiger partial charge in [-0.3, -0.25) is 9.69 Å². The highest BCUT2D eigenvalue weighted by Gasteiger charge is 2.19. The van der Waals surface area contributed by atoms with Crippen molar-refractivity contribution < 1.29 is 9.18 Å². The summed E-state index contributed by atoms with van der Waals surface area (Å²) in [7, 11) is 0. The van der Waals surface area contributed by atoms with Crippen molar-refractivity contribution in [2.75, 3.05) is 42.9 Å². The molecule has 0 bridgehead atoms. The highest BCUT2D eigenvalue weighted by molar-refractivity contribution is 9.10. The number of carbonyl (C=O) groups is 1. The number of hydrogen-bond acceptors (Lipinski definition) is 3.